The minimum Gasteiger partial charge on any atom is -0.348 e. The highest BCUT2D eigenvalue weighted by Gasteiger charge is 2.09. The number of amides is 1. The second kappa shape index (κ2) is 6.34. The Morgan fingerprint density at radius 1 is 1.04 bits per heavy atom. The third-order valence-electron chi connectivity index (χ3n) is 3.73. The minimum absolute atomic E-state index is 0.160. The van der Waals surface area contributed by atoms with Crippen LogP contribution in [-0.4, -0.2) is 15.9 Å². The standard InChI is InChI=1S/C18H16ClN3O/c1-11-12(2)22-17-9-13(7-8-16(17)21-11)18(23)20-10-14-5-3-4-6-15(14)19/h3-9H,10H2,1-2H3,(H,20,23). The Morgan fingerprint density at radius 2 is 1.74 bits per heavy atom. The largest absolute Gasteiger partial charge is 0.348 e. The molecule has 2 aromatic carbocycles. The zero-order valence-electron chi connectivity index (χ0n) is 12.9. The summed E-state index contributed by atoms with van der Waals surface area (Å²) in [6.45, 7) is 4.22. The van der Waals surface area contributed by atoms with Gasteiger partial charge in [-0.2, -0.15) is 0 Å². The fourth-order valence-corrected chi connectivity index (χ4v) is 2.49. The van der Waals surface area contributed by atoms with Crippen molar-refractivity contribution in [1.29, 1.82) is 0 Å². The highest BCUT2D eigenvalue weighted by atomic mass is 35.5. The van der Waals surface area contributed by atoms with E-state index in [0.717, 1.165) is 28.0 Å². The molecule has 0 bridgehead atoms. The van der Waals surface area contributed by atoms with Gasteiger partial charge in [-0.05, 0) is 43.7 Å². The second-order valence-electron chi connectivity index (χ2n) is 5.37. The highest BCUT2D eigenvalue weighted by Crippen LogP contribution is 2.16. The number of rotatable bonds is 3. The van der Waals surface area contributed by atoms with E-state index in [1.54, 1.807) is 18.2 Å². The van der Waals surface area contributed by atoms with Gasteiger partial charge in [0.2, 0.25) is 0 Å². The lowest BCUT2D eigenvalue weighted by atomic mass is 10.1. The van der Waals surface area contributed by atoms with E-state index in [1.165, 1.54) is 0 Å². The number of aryl methyl sites for hydroxylation is 2. The summed E-state index contributed by atoms with van der Waals surface area (Å²) in [5.74, 6) is -0.160. The van der Waals surface area contributed by atoms with Crippen molar-refractivity contribution in [2.45, 2.75) is 20.4 Å². The Balaban J connectivity index is 1.81. The van der Waals surface area contributed by atoms with Crippen molar-refractivity contribution in [3.63, 3.8) is 0 Å². The minimum atomic E-state index is -0.160. The van der Waals surface area contributed by atoms with Gasteiger partial charge in [0.1, 0.15) is 0 Å². The summed E-state index contributed by atoms with van der Waals surface area (Å²) < 4.78 is 0. The highest BCUT2D eigenvalue weighted by molar-refractivity contribution is 6.31. The van der Waals surface area contributed by atoms with Crippen LogP contribution in [0.1, 0.15) is 27.3 Å². The number of carbonyl (C=O) groups excluding carboxylic acids is 1. The van der Waals surface area contributed by atoms with Gasteiger partial charge in [-0.1, -0.05) is 29.8 Å². The first kappa shape index (κ1) is 15.4. The van der Waals surface area contributed by atoms with E-state index in [-0.39, 0.29) is 5.91 Å². The first-order chi connectivity index (χ1) is 11.0. The molecule has 1 aromatic heterocycles. The number of nitrogens with one attached hydrogen (secondary N) is 1. The van der Waals surface area contributed by atoms with Crippen LogP contribution in [0.4, 0.5) is 0 Å². The van der Waals surface area contributed by atoms with Crippen LogP contribution in [0.5, 0.6) is 0 Å². The number of halogens is 1. The Labute approximate surface area is 139 Å². The SMILES string of the molecule is Cc1nc2ccc(C(=O)NCc3ccccc3Cl)cc2nc1C. The van der Waals surface area contributed by atoms with Gasteiger partial charge >= 0.3 is 0 Å². The van der Waals surface area contributed by atoms with E-state index < -0.39 is 0 Å². The zero-order valence-corrected chi connectivity index (χ0v) is 13.7. The van der Waals surface area contributed by atoms with Crippen molar-refractivity contribution in [3.8, 4) is 0 Å². The van der Waals surface area contributed by atoms with Crippen molar-refractivity contribution in [3.05, 3.63) is 70.0 Å². The molecule has 0 spiro atoms. The Morgan fingerprint density at radius 3 is 2.48 bits per heavy atom. The molecule has 0 aliphatic heterocycles. The summed E-state index contributed by atoms with van der Waals surface area (Å²) in [7, 11) is 0. The zero-order chi connectivity index (χ0) is 16.4. The summed E-state index contributed by atoms with van der Waals surface area (Å²) in [4.78, 5) is 21.3. The maximum Gasteiger partial charge on any atom is 0.251 e. The lowest BCUT2D eigenvalue weighted by Gasteiger charge is -2.08. The number of fused-ring (bicyclic) bond motifs is 1. The predicted octanol–water partition coefficient (Wildman–Crippen LogP) is 3.83. The average molecular weight is 326 g/mol. The lowest BCUT2D eigenvalue weighted by Crippen LogP contribution is -2.22. The van der Waals surface area contributed by atoms with Crippen molar-refractivity contribution in [1.82, 2.24) is 15.3 Å². The molecule has 1 N–H and O–H groups in total. The molecular weight excluding hydrogens is 310 g/mol. The van der Waals surface area contributed by atoms with Crippen LogP contribution >= 0.6 is 11.6 Å². The quantitative estimate of drug-likeness (QED) is 0.796. The molecular formula is C18H16ClN3O. The topological polar surface area (TPSA) is 54.9 Å². The van der Waals surface area contributed by atoms with Crippen LogP contribution in [-0.2, 0) is 6.54 Å². The van der Waals surface area contributed by atoms with Crippen LogP contribution in [0.3, 0.4) is 0 Å². The van der Waals surface area contributed by atoms with Gasteiger partial charge in [0.05, 0.1) is 22.4 Å². The van der Waals surface area contributed by atoms with E-state index in [2.05, 4.69) is 15.3 Å². The number of hydrogen-bond donors (Lipinski definition) is 1. The molecule has 0 atom stereocenters. The molecule has 1 amide bonds. The molecule has 116 valence electrons. The smallest absolute Gasteiger partial charge is 0.251 e. The maximum atomic E-state index is 12.3. The van der Waals surface area contributed by atoms with Crippen molar-refractivity contribution in [2.75, 3.05) is 0 Å². The second-order valence-corrected chi connectivity index (χ2v) is 5.78. The summed E-state index contributed by atoms with van der Waals surface area (Å²) >= 11 is 6.09. The van der Waals surface area contributed by atoms with E-state index >= 15 is 0 Å². The molecule has 3 aromatic rings. The lowest BCUT2D eigenvalue weighted by molar-refractivity contribution is 0.0951. The van der Waals surface area contributed by atoms with Gasteiger partial charge in [-0.3, -0.25) is 4.79 Å². The molecule has 3 rings (SSSR count). The molecule has 0 saturated heterocycles. The van der Waals surface area contributed by atoms with Crippen LogP contribution < -0.4 is 5.32 Å². The van der Waals surface area contributed by atoms with Gasteiger partial charge in [-0.15, -0.1) is 0 Å². The van der Waals surface area contributed by atoms with Crippen molar-refractivity contribution in [2.24, 2.45) is 0 Å². The van der Waals surface area contributed by atoms with Gasteiger partial charge in [0.25, 0.3) is 5.91 Å². The molecule has 0 fully saturated rings. The van der Waals surface area contributed by atoms with Crippen LogP contribution in [0, 0.1) is 13.8 Å². The first-order valence-corrected chi connectivity index (χ1v) is 7.69. The molecule has 0 unspecified atom stereocenters. The summed E-state index contributed by atoms with van der Waals surface area (Å²) in [5.41, 5.74) is 4.71. The van der Waals surface area contributed by atoms with Crippen molar-refractivity contribution < 1.29 is 4.79 Å². The average Bonchev–Trinajstić information content (AvgIpc) is 2.54. The van der Waals surface area contributed by atoms with Crippen LogP contribution in [0.15, 0.2) is 42.5 Å². The number of nitrogens with zero attached hydrogens (tertiary/aromatic N) is 2. The van der Waals surface area contributed by atoms with Crippen molar-refractivity contribution >= 4 is 28.5 Å². The van der Waals surface area contributed by atoms with Crippen LogP contribution in [0.25, 0.3) is 11.0 Å². The fraction of sp³-hybridized carbons (Fsp3) is 0.167. The van der Waals surface area contributed by atoms with E-state index in [1.807, 2.05) is 38.1 Å². The fourth-order valence-electron chi connectivity index (χ4n) is 2.29. The molecule has 0 aliphatic rings. The van der Waals surface area contributed by atoms with Gasteiger partial charge in [0.15, 0.2) is 0 Å². The molecule has 4 nitrogen and oxygen atoms in total. The Bertz CT molecular complexity index is 893. The summed E-state index contributed by atoms with van der Waals surface area (Å²) in [6.07, 6.45) is 0. The molecule has 23 heavy (non-hydrogen) atoms. The summed E-state index contributed by atoms with van der Waals surface area (Å²) in [5, 5.41) is 3.52. The maximum absolute atomic E-state index is 12.3. The molecule has 1 heterocycles. The summed E-state index contributed by atoms with van der Waals surface area (Å²) in [6, 6.07) is 12.8. The predicted molar refractivity (Wildman–Crippen MR) is 91.6 cm³/mol. The van der Waals surface area contributed by atoms with Gasteiger partial charge in [0, 0.05) is 17.1 Å². The molecule has 0 radical (unpaired) electrons. The monoisotopic (exact) mass is 325 g/mol. The van der Waals surface area contributed by atoms with E-state index in [4.69, 9.17) is 11.6 Å². The normalized spacial score (nSPS) is 10.7. The third-order valence-corrected chi connectivity index (χ3v) is 4.10. The van der Waals surface area contributed by atoms with Crippen LogP contribution in [0.2, 0.25) is 5.02 Å². The number of benzene rings is 2. The Hall–Kier alpha value is -2.46. The number of carbonyl (C=O) groups is 1. The van der Waals surface area contributed by atoms with E-state index in [9.17, 15) is 4.79 Å². The molecule has 0 saturated carbocycles. The Kier molecular flexibility index (Phi) is 4.26. The first-order valence-electron chi connectivity index (χ1n) is 7.31. The van der Waals surface area contributed by atoms with Gasteiger partial charge in [-0.25, -0.2) is 9.97 Å². The van der Waals surface area contributed by atoms with E-state index in [0.29, 0.717) is 17.1 Å². The molecule has 5 heteroatoms. The number of aromatic nitrogens is 2. The number of hydrogen-bond acceptors (Lipinski definition) is 3. The third kappa shape index (κ3) is 3.32. The van der Waals surface area contributed by atoms with Gasteiger partial charge < -0.3 is 5.32 Å². The molecule has 0 aliphatic carbocycles.